The molecule has 1 aliphatic rings. The molecule has 1 aliphatic carbocycles. The summed E-state index contributed by atoms with van der Waals surface area (Å²) in [6, 6.07) is 5.24. The van der Waals surface area contributed by atoms with Crippen molar-refractivity contribution in [3.05, 3.63) is 28.2 Å². The molecule has 0 unspecified atom stereocenters. The summed E-state index contributed by atoms with van der Waals surface area (Å²) in [4.78, 5) is 12.1. The molecule has 0 aliphatic heterocycles. The van der Waals surface area contributed by atoms with Gasteiger partial charge in [0.1, 0.15) is 0 Å². The molecule has 0 bridgehead atoms. The van der Waals surface area contributed by atoms with E-state index in [-0.39, 0.29) is 11.9 Å². The van der Waals surface area contributed by atoms with Gasteiger partial charge in [0.2, 0.25) is 5.91 Å². The van der Waals surface area contributed by atoms with E-state index in [1.54, 1.807) is 18.2 Å². The van der Waals surface area contributed by atoms with E-state index in [0.717, 1.165) is 12.8 Å². The number of hydrogen-bond donors (Lipinski definition) is 2. The van der Waals surface area contributed by atoms with Gasteiger partial charge >= 0.3 is 0 Å². The van der Waals surface area contributed by atoms with Crippen LogP contribution in [0.5, 0.6) is 0 Å². The van der Waals surface area contributed by atoms with E-state index in [1.807, 2.05) is 6.92 Å². The summed E-state index contributed by atoms with van der Waals surface area (Å²) >= 11 is 11.9. The van der Waals surface area contributed by atoms with Crippen LogP contribution in [0, 0.1) is 0 Å². The molecule has 1 fully saturated rings. The van der Waals surface area contributed by atoms with Crippen LogP contribution in [0.25, 0.3) is 0 Å². The van der Waals surface area contributed by atoms with Crippen LogP contribution >= 0.6 is 23.2 Å². The van der Waals surface area contributed by atoms with Crippen LogP contribution in [0.4, 0.5) is 5.69 Å². The lowest BCUT2D eigenvalue weighted by Gasteiger charge is -2.19. The summed E-state index contributed by atoms with van der Waals surface area (Å²) in [5, 5.41) is 7.20. The topological polar surface area (TPSA) is 41.1 Å². The molecule has 0 radical (unpaired) electrons. The van der Waals surface area contributed by atoms with Crippen molar-refractivity contribution in [1.82, 2.24) is 5.32 Å². The zero-order chi connectivity index (χ0) is 13.8. The molecule has 1 amide bonds. The third-order valence-electron chi connectivity index (χ3n) is 3.42. The highest BCUT2D eigenvalue weighted by Crippen LogP contribution is 2.25. The van der Waals surface area contributed by atoms with Crippen molar-refractivity contribution in [2.75, 3.05) is 5.32 Å². The minimum absolute atomic E-state index is 0.0870. The molecule has 0 saturated heterocycles. The molecule has 1 saturated carbocycles. The molecule has 0 aromatic heterocycles. The van der Waals surface area contributed by atoms with E-state index in [9.17, 15) is 4.79 Å². The first-order valence-corrected chi connectivity index (χ1v) is 7.34. The summed E-state index contributed by atoms with van der Waals surface area (Å²) in [7, 11) is 0. The van der Waals surface area contributed by atoms with E-state index < -0.39 is 0 Å². The van der Waals surface area contributed by atoms with Gasteiger partial charge in [0.15, 0.2) is 0 Å². The van der Waals surface area contributed by atoms with E-state index in [1.165, 1.54) is 12.8 Å². The molecule has 0 heterocycles. The second-order valence-electron chi connectivity index (χ2n) is 4.98. The number of rotatable bonds is 4. The maximum absolute atomic E-state index is 12.1. The fraction of sp³-hybridized carbons (Fsp3) is 0.500. The minimum Gasteiger partial charge on any atom is -0.323 e. The van der Waals surface area contributed by atoms with Gasteiger partial charge in [-0.05, 0) is 38.0 Å². The van der Waals surface area contributed by atoms with Crippen molar-refractivity contribution in [1.29, 1.82) is 0 Å². The Labute approximate surface area is 123 Å². The molecule has 3 nitrogen and oxygen atoms in total. The van der Waals surface area contributed by atoms with Crippen molar-refractivity contribution in [2.45, 2.75) is 44.7 Å². The summed E-state index contributed by atoms with van der Waals surface area (Å²) in [6.45, 7) is 1.87. The maximum Gasteiger partial charge on any atom is 0.241 e. The number of amides is 1. The largest absolute Gasteiger partial charge is 0.323 e. The molecule has 19 heavy (non-hydrogen) atoms. The van der Waals surface area contributed by atoms with Crippen molar-refractivity contribution in [3.8, 4) is 0 Å². The van der Waals surface area contributed by atoms with Crippen LogP contribution < -0.4 is 10.6 Å². The van der Waals surface area contributed by atoms with Crippen LogP contribution in [0.2, 0.25) is 10.0 Å². The molecule has 2 rings (SSSR count). The number of halogens is 2. The summed E-state index contributed by atoms with van der Waals surface area (Å²) in [5.41, 5.74) is 0.555. The molecule has 2 N–H and O–H groups in total. The number of benzene rings is 1. The Balaban J connectivity index is 1.93. The molecule has 1 aromatic rings. The van der Waals surface area contributed by atoms with Gasteiger partial charge in [-0.1, -0.05) is 36.0 Å². The first kappa shape index (κ1) is 14.6. The van der Waals surface area contributed by atoms with E-state index in [0.29, 0.717) is 21.8 Å². The minimum atomic E-state index is -0.238. The smallest absolute Gasteiger partial charge is 0.241 e. The average molecular weight is 301 g/mol. The molecular formula is C14H18Cl2N2O. The lowest BCUT2D eigenvalue weighted by molar-refractivity contribution is -0.117. The molecule has 104 valence electrons. The maximum atomic E-state index is 12.1. The molecular weight excluding hydrogens is 283 g/mol. The van der Waals surface area contributed by atoms with Gasteiger partial charge in [0.05, 0.1) is 16.8 Å². The van der Waals surface area contributed by atoms with Gasteiger partial charge < -0.3 is 10.6 Å². The standard InChI is InChI=1S/C14H18Cl2N2O/c1-9(17-11-4-2-3-5-11)14(19)18-13-8-10(15)6-7-12(13)16/h6-9,11,17H,2-5H2,1H3,(H,18,19)/t9-/m1/s1. The summed E-state index contributed by atoms with van der Waals surface area (Å²) < 4.78 is 0. The SMILES string of the molecule is C[C@@H](NC1CCCC1)C(=O)Nc1cc(Cl)ccc1Cl. The van der Waals surface area contributed by atoms with Crippen LogP contribution in [-0.2, 0) is 4.79 Å². The summed E-state index contributed by atoms with van der Waals surface area (Å²) in [6.07, 6.45) is 4.78. The highest BCUT2D eigenvalue weighted by Gasteiger charge is 2.21. The predicted octanol–water partition coefficient (Wildman–Crippen LogP) is 3.85. The normalized spacial score (nSPS) is 17.4. The fourth-order valence-electron chi connectivity index (χ4n) is 2.36. The van der Waals surface area contributed by atoms with Gasteiger partial charge in [-0.15, -0.1) is 0 Å². The van der Waals surface area contributed by atoms with Gasteiger partial charge in [0.25, 0.3) is 0 Å². The predicted molar refractivity (Wildman–Crippen MR) is 79.9 cm³/mol. The summed E-state index contributed by atoms with van der Waals surface area (Å²) in [5.74, 6) is -0.0870. The van der Waals surface area contributed by atoms with Gasteiger partial charge in [0, 0.05) is 11.1 Å². The number of carbonyl (C=O) groups excluding carboxylic acids is 1. The van der Waals surface area contributed by atoms with Crippen molar-refractivity contribution < 1.29 is 4.79 Å². The molecule has 1 aromatic carbocycles. The Morgan fingerprint density at radius 2 is 2.00 bits per heavy atom. The number of anilines is 1. The fourth-order valence-corrected chi connectivity index (χ4v) is 2.69. The van der Waals surface area contributed by atoms with Gasteiger partial charge in [-0.3, -0.25) is 4.79 Å². The molecule has 1 atom stereocenters. The second-order valence-corrected chi connectivity index (χ2v) is 5.83. The highest BCUT2D eigenvalue weighted by atomic mass is 35.5. The zero-order valence-electron chi connectivity index (χ0n) is 10.9. The van der Waals surface area contributed by atoms with Crippen molar-refractivity contribution in [2.24, 2.45) is 0 Å². The van der Waals surface area contributed by atoms with E-state index >= 15 is 0 Å². The first-order valence-electron chi connectivity index (χ1n) is 6.58. The average Bonchev–Trinajstić information content (AvgIpc) is 2.86. The lowest BCUT2D eigenvalue weighted by Crippen LogP contribution is -2.42. The highest BCUT2D eigenvalue weighted by molar-refractivity contribution is 6.35. The van der Waals surface area contributed by atoms with Gasteiger partial charge in [-0.2, -0.15) is 0 Å². The Morgan fingerprint density at radius 3 is 2.68 bits per heavy atom. The van der Waals surface area contributed by atoms with E-state index in [2.05, 4.69) is 10.6 Å². The van der Waals surface area contributed by atoms with Crippen LogP contribution in [-0.4, -0.2) is 18.0 Å². The van der Waals surface area contributed by atoms with Gasteiger partial charge in [-0.25, -0.2) is 0 Å². The molecule has 0 spiro atoms. The second kappa shape index (κ2) is 6.60. The lowest BCUT2D eigenvalue weighted by atomic mass is 10.2. The molecule has 5 heteroatoms. The Morgan fingerprint density at radius 1 is 1.32 bits per heavy atom. The Hall–Kier alpha value is -0.770. The Kier molecular flexibility index (Phi) is 5.08. The monoisotopic (exact) mass is 300 g/mol. The first-order chi connectivity index (χ1) is 9.06. The third-order valence-corrected chi connectivity index (χ3v) is 3.99. The zero-order valence-corrected chi connectivity index (χ0v) is 12.4. The van der Waals surface area contributed by atoms with E-state index in [4.69, 9.17) is 23.2 Å². The Bertz CT molecular complexity index is 459. The van der Waals surface area contributed by atoms with Crippen molar-refractivity contribution in [3.63, 3.8) is 0 Å². The number of carbonyl (C=O) groups is 1. The quantitative estimate of drug-likeness (QED) is 0.887. The third kappa shape index (κ3) is 4.10. The van der Waals surface area contributed by atoms with Crippen LogP contribution in [0.1, 0.15) is 32.6 Å². The number of hydrogen-bond acceptors (Lipinski definition) is 2. The van der Waals surface area contributed by atoms with Crippen LogP contribution in [0.3, 0.4) is 0 Å². The number of nitrogens with one attached hydrogen (secondary N) is 2. The van der Waals surface area contributed by atoms with Crippen LogP contribution in [0.15, 0.2) is 18.2 Å². The van der Waals surface area contributed by atoms with Crippen molar-refractivity contribution >= 4 is 34.8 Å².